The number of hydrogen-bond acceptors (Lipinski definition) is 5. The average Bonchev–Trinajstić information content (AvgIpc) is 3.14. The van der Waals surface area contributed by atoms with Crippen LogP contribution >= 0.6 is 0 Å². The summed E-state index contributed by atoms with van der Waals surface area (Å²) in [6.45, 7) is 9.87. The number of pyridine rings is 1. The van der Waals surface area contributed by atoms with E-state index < -0.39 is 0 Å². The van der Waals surface area contributed by atoms with Gasteiger partial charge in [0.15, 0.2) is 11.6 Å². The van der Waals surface area contributed by atoms with Crippen molar-refractivity contribution < 1.29 is 0 Å². The molecule has 3 aromatic carbocycles. The van der Waals surface area contributed by atoms with E-state index in [2.05, 4.69) is 60.6 Å². The standard InChI is InChI=1S/C43H37N5/c1-4-5-17-32(2)33(3)18-11-12-25-41-46-42(37-23-16-22-36(30-37)35-20-9-6-10-21-35)48-43(47-41)39-29-34(19-8-7-14-26-44)28-38(31-39)40-24-13-15-27-45-40/h4-24,26-31,44H,1-2,25H2,3H3/b12-11-,14-7-,17-5-,19-8+,33-18+,44-26?. The van der Waals surface area contributed by atoms with Gasteiger partial charge < -0.3 is 5.41 Å². The van der Waals surface area contributed by atoms with Crippen LogP contribution in [0.15, 0.2) is 176 Å². The van der Waals surface area contributed by atoms with Gasteiger partial charge in [-0.2, -0.15) is 0 Å². The fourth-order valence-electron chi connectivity index (χ4n) is 4.89. The van der Waals surface area contributed by atoms with E-state index in [4.69, 9.17) is 20.4 Å². The molecule has 0 unspecified atom stereocenters. The Hall–Kier alpha value is -6.33. The van der Waals surface area contributed by atoms with Gasteiger partial charge in [0.25, 0.3) is 0 Å². The third-order valence-corrected chi connectivity index (χ3v) is 7.41. The van der Waals surface area contributed by atoms with E-state index in [1.54, 1.807) is 18.3 Å². The molecule has 5 heteroatoms. The van der Waals surface area contributed by atoms with Crippen LogP contribution in [0.1, 0.15) is 18.3 Å². The molecule has 0 radical (unpaired) electrons. The number of hydrogen-bond donors (Lipinski definition) is 1. The molecule has 1 N–H and O–H groups in total. The monoisotopic (exact) mass is 623 g/mol. The van der Waals surface area contributed by atoms with Gasteiger partial charge >= 0.3 is 0 Å². The van der Waals surface area contributed by atoms with Crippen molar-refractivity contribution in [3.63, 3.8) is 0 Å². The second-order valence-corrected chi connectivity index (χ2v) is 10.9. The number of nitrogens with zero attached hydrogens (tertiary/aromatic N) is 4. The first-order valence-corrected chi connectivity index (χ1v) is 15.7. The third kappa shape index (κ3) is 9.12. The molecular weight excluding hydrogens is 587 g/mol. The molecule has 0 bridgehead atoms. The van der Waals surface area contributed by atoms with Crippen molar-refractivity contribution in [2.75, 3.05) is 0 Å². The van der Waals surface area contributed by atoms with E-state index in [0.717, 1.165) is 50.2 Å². The molecule has 0 fully saturated rings. The van der Waals surface area contributed by atoms with Gasteiger partial charge in [0.05, 0.1) is 5.69 Å². The molecule has 0 spiro atoms. The maximum Gasteiger partial charge on any atom is 0.163 e. The number of rotatable bonds is 13. The van der Waals surface area contributed by atoms with Crippen molar-refractivity contribution in [1.29, 1.82) is 5.41 Å². The molecule has 0 aliphatic carbocycles. The zero-order valence-corrected chi connectivity index (χ0v) is 27.0. The highest BCUT2D eigenvalue weighted by atomic mass is 15.0. The molecule has 0 saturated carbocycles. The third-order valence-electron chi connectivity index (χ3n) is 7.41. The molecule has 5 rings (SSSR count). The molecule has 2 heterocycles. The summed E-state index contributed by atoms with van der Waals surface area (Å²) in [7, 11) is 0. The van der Waals surface area contributed by atoms with Gasteiger partial charge in [0, 0.05) is 35.5 Å². The van der Waals surface area contributed by atoms with Crippen molar-refractivity contribution in [1.82, 2.24) is 19.9 Å². The minimum Gasteiger partial charge on any atom is -0.309 e. The van der Waals surface area contributed by atoms with Crippen molar-refractivity contribution in [3.8, 4) is 45.2 Å². The number of allylic oxidation sites excluding steroid dienone is 11. The fourth-order valence-corrected chi connectivity index (χ4v) is 4.89. The van der Waals surface area contributed by atoms with Gasteiger partial charge in [-0.05, 0) is 77.2 Å². The number of aromatic nitrogens is 4. The summed E-state index contributed by atoms with van der Waals surface area (Å²) in [6, 6.07) is 30.7. The number of nitrogens with one attached hydrogen (secondary N) is 1. The van der Waals surface area contributed by atoms with Crippen LogP contribution in [-0.4, -0.2) is 26.2 Å². The van der Waals surface area contributed by atoms with E-state index in [1.165, 1.54) is 6.21 Å². The highest BCUT2D eigenvalue weighted by molar-refractivity contribution is 5.75. The SMILES string of the molecule is C=C/C=C\C(=C)/C(C)=C/C=C\Cc1nc(-c2cccc(-c3ccccc3)c2)nc(-c2cc(/C=C/C=C\C=N)cc(-c3ccccn3)c2)n1. The molecule has 48 heavy (non-hydrogen) atoms. The normalized spacial score (nSPS) is 12.0. The van der Waals surface area contributed by atoms with Crippen LogP contribution in [0.25, 0.3) is 51.2 Å². The van der Waals surface area contributed by atoms with Crippen molar-refractivity contribution >= 4 is 12.3 Å². The molecule has 234 valence electrons. The maximum atomic E-state index is 7.28. The summed E-state index contributed by atoms with van der Waals surface area (Å²) in [5.41, 5.74) is 8.71. The zero-order chi connectivity index (χ0) is 33.6. The molecular formula is C43H37N5. The Kier molecular flexibility index (Phi) is 11.6. The lowest BCUT2D eigenvalue weighted by molar-refractivity contribution is 0.947. The van der Waals surface area contributed by atoms with Crippen molar-refractivity contribution in [2.45, 2.75) is 13.3 Å². The van der Waals surface area contributed by atoms with Crippen LogP contribution < -0.4 is 0 Å². The van der Waals surface area contributed by atoms with Gasteiger partial charge in [-0.15, -0.1) is 0 Å². The van der Waals surface area contributed by atoms with Crippen LogP contribution in [0.5, 0.6) is 0 Å². The Morgan fingerprint density at radius 2 is 1.44 bits per heavy atom. The van der Waals surface area contributed by atoms with Crippen LogP contribution in [0.4, 0.5) is 0 Å². The van der Waals surface area contributed by atoms with E-state index in [9.17, 15) is 0 Å². The first-order chi connectivity index (χ1) is 23.5. The van der Waals surface area contributed by atoms with E-state index in [1.807, 2.05) is 104 Å². The summed E-state index contributed by atoms with van der Waals surface area (Å²) in [6.07, 6.45) is 22.6. The predicted molar refractivity (Wildman–Crippen MR) is 201 cm³/mol. The van der Waals surface area contributed by atoms with E-state index in [0.29, 0.717) is 23.9 Å². The lowest BCUT2D eigenvalue weighted by Crippen LogP contribution is -2.03. The Labute approximate surface area is 283 Å². The Morgan fingerprint density at radius 1 is 0.708 bits per heavy atom. The van der Waals surface area contributed by atoms with Crippen LogP contribution in [0, 0.1) is 5.41 Å². The summed E-state index contributed by atoms with van der Waals surface area (Å²) in [5.74, 6) is 1.83. The van der Waals surface area contributed by atoms with Gasteiger partial charge in [-0.25, -0.2) is 15.0 Å². The molecule has 0 amide bonds. The van der Waals surface area contributed by atoms with Gasteiger partial charge in [-0.3, -0.25) is 4.98 Å². The molecule has 0 aliphatic heterocycles. The van der Waals surface area contributed by atoms with Crippen LogP contribution in [0.3, 0.4) is 0 Å². The minimum atomic E-state index is 0.515. The van der Waals surface area contributed by atoms with Crippen LogP contribution in [-0.2, 0) is 6.42 Å². The Morgan fingerprint density at radius 3 is 2.21 bits per heavy atom. The topological polar surface area (TPSA) is 75.4 Å². The summed E-state index contributed by atoms with van der Waals surface area (Å²) in [4.78, 5) is 19.5. The second-order valence-electron chi connectivity index (χ2n) is 10.9. The molecule has 0 atom stereocenters. The van der Waals surface area contributed by atoms with Crippen molar-refractivity contribution in [2.24, 2.45) is 0 Å². The largest absolute Gasteiger partial charge is 0.309 e. The summed E-state index contributed by atoms with van der Waals surface area (Å²) < 4.78 is 0. The molecule has 5 nitrogen and oxygen atoms in total. The van der Waals surface area contributed by atoms with E-state index in [-0.39, 0.29) is 0 Å². The lowest BCUT2D eigenvalue weighted by atomic mass is 10.0. The zero-order valence-electron chi connectivity index (χ0n) is 27.0. The summed E-state index contributed by atoms with van der Waals surface area (Å²) in [5, 5.41) is 7.28. The first kappa shape index (κ1) is 33.0. The van der Waals surface area contributed by atoms with Crippen LogP contribution in [0.2, 0.25) is 0 Å². The van der Waals surface area contributed by atoms with Gasteiger partial charge in [-0.1, -0.05) is 122 Å². The van der Waals surface area contributed by atoms with Crippen molar-refractivity contribution in [3.05, 3.63) is 188 Å². The number of benzene rings is 3. The molecule has 0 aliphatic rings. The Bertz CT molecular complexity index is 2050. The average molecular weight is 624 g/mol. The smallest absolute Gasteiger partial charge is 0.163 e. The highest BCUT2D eigenvalue weighted by Crippen LogP contribution is 2.29. The minimum absolute atomic E-state index is 0.515. The van der Waals surface area contributed by atoms with Gasteiger partial charge in [0.2, 0.25) is 0 Å². The van der Waals surface area contributed by atoms with E-state index >= 15 is 0 Å². The highest BCUT2D eigenvalue weighted by Gasteiger charge is 2.13. The molecule has 2 aromatic heterocycles. The molecule has 0 saturated heterocycles. The molecule has 5 aromatic rings. The second kappa shape index (κ2) is 16.8. The predicted octanol–water partition coefficient (Wildman–Crippen LogP) is 10.5. The first-order valence-electron chi connectivity index (χ1n) is 15.7. The van der Waals surface area contributed by atoms with Gasteiger partial charge in [0.1, 0.15) is 5.82 Å². The maximum absolute atomic E-state index is 7.28. The quantitative estimate of drug-likeness (QED) is 0.105. The lowest BCUT2D eigenvalue weighted by Gasteiger charge is -2.11. The fraction of sp³-hybridized carbons (Fsp3) is 0.0465. The summed E-state index contributed by atoms with van der Waals surface area (Å²) >= 11 is 0. The Balaban J connectivity index is 1.60.